The molecule has 0 saturated carbocycles. The number of benzene rings is 1. The summed E-state index contributed by atoms with van der Waals surface area (Å²) in [6.45, 7) is 2.72. The molecule has 0 unspecified atom stereocenters. The molecular weight excluding hydrogens is 294 g/mol. The van der Waals surface area contributed by atoms with E-state index in [4.69, 9.17) is 0 Å². The highest BCUT2D eigenvalue weighted by atomic mass is 32.2. The lowest BCUT2D eigenvalue weighted by atomic mass is 10.1. The molecule has 1 aromatic rings. The standard InChI is InChI=1S/C14H17NO5S/c1-14(2)8-12(16)15(9-13(17)20-3)10-6-4-5-7-11(10)21(14,18)19/h4-7H,8-9H2,1-3H3. The highest BCUT2D eigenvalue weighted by molar-refractivity contribution is 7.93. The molecule has 0 spiro atoms. The molecule has 7 heteroatoms. The predicted molar refractivity (Wildman–Crippen MR) is 76.7 cm³/mol. The van der Waals surface area contributed by atoms with Crippen LogP contribution >= 0.6 is 0 Å². The fourth-order valence-corrected chi connectivity index (χ4v) is 3.88. The summed E-state index contributed by atoms with van der Waals surface area (Å²) in [5.74, 6) is -1.02. The number of amides is 1. The lowest BCUT2D eigenvalue weighted by molar-refractivity contribution is -0.140. The van der Waals surface area contributed by atoms with Crippen LogP contribution in [0.2, 0.25) is 0 Å². The first-order valence-corrected chi connectivity index (χ1v) is 7.90. The van der Waals surface area contributed by atoms with Gasteiger partial charge in [0.2, 0.25) is 5.91 Å². The Labute approximate surface area is 123 Å². The van der Waals surface area contributed by atoms with Crippen molar-refractivity contribution in [3.63, 3.8) is 0 Å². The van der Waals surface area contributed by atoms with Crippen LogP contribution in [0.4, 0.5) is 5.69 Å². The van der Waals surface area contributed by atoms with Gasteiger partial charge in [-0.3, -0.25) is 14.5 Å². The van der Waals surface area contributed by atoms with Gasteiger partial charge in [-0.1, -0.05) is 12.1 Å². The number of carbonyl (C=O) groups excluding carboxylic acids is 2. The van der Waals surface area contributed by atoms with Gasteiger partial charge in [-0.25, -0.2) is 8.42 Å². The van der Waals surface area contributed by atoms with Gasteiger partial charge in [-0.05, 0) is 26.0 Å². The summed E-state index contributed by atoms with van der Waals surface area (Å²) in [5, 5.41) is 0. The van der Waals surface area contributed by atoms with E-state index in [1.807, 2.05) is 0 Å². The summed E-state index contributed by atoms with van der Waals surface area (Å²) in [4.78, 5) is 25.1. The van der Waals surface area contributed by atoms with E-state index in [2.05, 4.69) is 4.74 Å². The molecule has 1 heterocycles. The number of methoxy groups -OCH3 is 1. The number of sulfone groups is 1. The van der Waals surface area contributed by atoms with Crippen molar-refractivity contribution in [2.45, 2.75) is 29.9 Å². The van der Waals surface area contributed by atoms with Crippen molar-refractivity contribution >= 4 is 27.4 Å². The number of carbonyl (C=O) groups is 2. The van der Waals surface area contributed by atoms with Gasteiger partial charge in [0.15, 0.2) is 9.84 Å². The highest BCUT2D eigenvalue weighted by Crippen LogP contribution is 2.38. The van der Waals surface area contributed by atoms with Gasteiger partial charge in [0.25, 0.3) is 0 Å². The Bertz CT molecular complexity index is 693. The van der Waals surface area contributed by atoms with Crippen molar-refractivity contribution in [3.8, 4) is 0 Å². The van der Waals surface area contributed by atoms with E-state index in [0.29, 0.717) is 0 Å². The molecule has 114 valence electrons. The van der Waals surface area contributed by atoms with Gasteiger partial charge in [0, 0.05) is 6.42 Å². The lowest BCUT2D eigenvalue weighted by Crippen LogP contribution is -2.39. The average Bonchev–Trinajstić information content (AvgIpc) is 2.47. The van der Waals surface area contributed by atoms with Gasteiger partial charge in [0.05, 0.1) is 22.4 Å². The Morgan fingerprint density at radius 3 is 2.57 bits per heavy atom. The number of nitrogens with zero attached hydrogens (tertiary/aromatic N) is 1. The maximum atomic E-state index is 12.7. The largest absolute Gasteiger partial charge is 0.468 e. The van der Waals surface area contributed by atoms with Crippen LogP contribution in [-0.4, -0.2) is 38.7 Å². The number of hydrogen-bond acceptors (Lipinski definition) is 5. The molecule has 1 aliphatic rings. The second-order valence-corrected chi connectivity index (χ2v) is 8.02. The number of ether oxygens (including phenoxy) is 1. The third kappa shape index (κ3) is 2.53. The number of rotatable bonds is 2. The van der Waals surface area contributed by atoms with Crippen molar-refractivity contribution in [1.29, 1.82) is 0 Å². The molecule has 0 fully saturated rings. The first-order valence-electron chi connectivity index (χ1n) is 6.41. The van der Waals surface area contributed by atoms with Crippen LogP contribution < -0.4 is 4.90 Å². The smallest absolute Gasteiger partial charge is 0.325 e. The minimum atomic E-state index is -3.68. The molecule has 1 aromatic carbocycles. The zero-order chi connectivity index (χ0) is 15.8. The van der Waals surface area contributed by atoms with Crippen LogP contribution in [0.25, 0.3) is 0 Å². The maximum absolute atomic E-state index is 12.7. The second-order valence-electron chi connectivity index (χ2n) is 5.46. The van der Waals surface area contributed by atoms with E-state index in [1.54, 1.807) is 12.1 Å². The number of hydrogen-bond donors (Lipinski definition) is 0. The van der Waals surface area contributed by atoms with Crippen molar-refractivity contribution in [2.24, 2.45) is 0 Å². The normalized spacial score (nSPS) is 19.6. The van der Waals surface area contributed by atoms with Crippen LogP contribution in [0.1, 0.15) is 20.3 Å². The number of anilines is 1. The van der Waals surface area contributed by atoms with Crippen molar-refractivity contribution in [2.75, 3.05) is 18.6 Å². The molecule has 1 amide bonds. The molecule has 0 aromatic heterocycles. The SMILES string of the molecule is COC(=O)CN1C(=O)CC(C)(C)S(=O)(=O)c2ccccc21. The van der Waals surface area contributed by atoms with Gasteiger partial charge in [-0.2, -0.15) is 0 Å². The summed E-state index contributed by atoms with van der Waals surface area (Å²) in [6, 6.07) is 6.20. The molecule has 0 atom stereocenters. The van der Waals surface area contributed by atoms with E-state index in [9.17, 15) is 18.0 Å². The summed E-state index contributed by atoms with van der Waals surface area (Å²) < 4.78 is 28.7. The average molecular weight is 311 g/mol. The van der Waals surface area contributed by atoms with Gasteiger partial charge in [0.1, 0.15) is 6.54 Å². The van der Waals surface area contributed by atoms with Crippen molar-refractivity contribution in [1.82, 2.24) is 0 Å². The third-order valence-corrected chi connectivity index (χ3v) is 6.09. The quantitative estimate of drug-likeness (QED) is 0.765. The minimum Gasteiger partial charge on any atom is -0.468 e. The molecule has 0 saturated heterocycles. The van der Waals surface area contributed by atoms with Crippen LogP contribution in [0.5, 0.6) is 0 Å². The topological polar surface area (TPSA) is 80.8 Å². The molecule has 0 radical (unpaired) electrons. The van der Waals surface area contributed by atoms with E-state index in [-0.39, 0.29) is 23.5 Å². The summed E-state index contributed by atoms with van der Waals surface area (Å²) in [6.07, 6.45) is -0.193. The molecule has 0 aliphatic carbocycles. The van der Waals surface area contributed by atoms with Crippen molar-refractivity contribution in [3.05, 3.63) is 24.3 Å². The molecule has 21 heavy (non-hydrogen) atoms. The molecule has 0 N–H and O–H groups in total. The molecule has 0 bridgehead atoms. The lowest BCUT2D eigenvalue weighted by Gasteiger charge is -2.21. The minimum absolute atomic E-state index is 0.0600. The van der Waals surface area contributed by atoms with Crippen LogP contribution in [0.3, 0.4) is 0 Å². The number of para-hydroxylation sites is 1. The summed E-state index contributed by atoms with van der Waals surface area (Å²) in [7, 11) is -2.46. The van der Waals surface area contributed by atoms with E-state index in [1.165, 1.54) is 38.0 Å². The van der Waals surface area contributed by atoms with E-state index < -0.39 is 26.5 Å². The Morgan fingerprint density at radius 1 is 1.33 bits per heavy atom. The molecule has 2 rings (SSSR count). The van der Waals surface area contributed by atoms with Crippen LogP contribution in [0, 0.1) is 0 Å². The monoisotopic (exact) mass is 311 g/mol. The van der Waals surface area contributed by atoms with Crippen LogP contribution in [-0.2, 0) is 24.2 Å². The van der Waals surface area contributed by atoms with Crippen molar-refractivity contribution < 1.29 is 22.7 Å². The highest BCUT2D eigenvalue weighted by Gasteiger charge is 2.44. The zero-order valence-electron chi connectivity index (χ0n) is 12.1. The number of esters is 1. The first kappa shape index (κ1) is 15.5. The Kier molecular flexibility index (Phi) is 3.79. The third-order valence-electron chi connectivity index (χ3n) is 3.57. The van der Waals surface area contributed by atoms with Crippen LogP contribution in [0.15, 0.2) is 29.2 Å². The molecule has 1 aliphatic heterocycles. The van der Waals surface area contributed by atoms with E-state index in [0.717, 1.165) is 0 Å². The summed E-state index contributed by atoms with van der Waals surface area (Å²) in [5.41, 5.74) is 0.221. The Balaban J connectivity index is 2.65. The fraction of sp³-hybridized carbons (Fsp3) is 0.429. The molecule has 6 nitrogen and oxygen atoms in total. The zero-order valence-corrected chi connectivity index (χ0v) is 12.9. The fourth-order valence-electron chi connectivity index (χ4n) is 2.26. The Morgan fingerprint density at radius 2 is 1.95 bits per heavy atom. The van der Waals surface area contributed by atoms with Gasteiger partial charge >= 0.3 is 5.97 Å². The van der Waals surface area contributed by atoms with Gasteiger partial charge < -0.3 is 4.74 Å². The van der Waals surface area contributed by atoms with Gasteiger partial charge in [-0.15, -0.1) is 0 Å². The maximum Gasteiger partial charge on any atom is 0.325 e. The predicted octanol–water partition coefficient (Wildman–Crippen LogP) is 1.15. The second kappa shape index (κ2) is 5.14. The molecular formula is C14H17NO5S. The summed E-state index contributed by atoms with van der Waals surface area (Å²) >= 11 is 0. The first-order chi connectivity index (χ1) is 9.70. The van der Waals surface area contributed by atoms with E-state index >= 15 is 0 Å². The Hall–Kier alpha value is -1.89. The number of fused-ring (bicyclic) bond motifs is 1.